The summed E-state index contributed by atoms with van der Waals surface area (Å²) >= 11 is 0. The van der Waals surface area contributed by atoms with Crippen molar-refractivity contribution in [2.75, 3.05) is 0 Å². The number of hydrogen-bond donors (Lipinski definition) is 2. The van der Waals surface area contributed by atoms with E-state index in [1.165, 1.54) is 5.57 Å². The molecular formula is C22H34O2. The van der Waals surface area contributed by atoms with Gasteiger partial charge in [0.15, 0.2) is 0 Å². The summed E-state index contributed by atoms with van der Waals surface area (Å²) in [6, 6.07) is 9.52. The molecule has 134 valence electrons. The fraction of sp³-hybridized carbons (Fsp3) is 0.545. The second kappa shape index (κ2) is 7.57. The summed E-state index contributed by atoms with van der Waals surface area (Å²) in [7, 11) is 0. The summed E-state index contributed by atoms with van der Waals surface area (Å²) in [5.74, 6) is 0.467. The van der Waals surface area contributed by atoms with E-state index in [4.69, 9.17) is 5.11 Å². The van der Waals surface area contributed by atoms with Crippen LogP contribution in [-0.2, 0) is 6.61 Å². The summed E-state index contributed by atoms with van der Waals surface area (Å²) in [5, 5.41) is 18.5. The molecule has 1 unspecified atom stereocenters. The maximum atomic E-state index is 10.00. The molecule has 1 aromatic carbocycles. The maximum Gasteiger partial charge on any atom is 0.115 e. The van der Waals surface area contributed by atoms with Crippen molar-refractivity contribution in [1.82, 2.24) is 0 Å². The highest BCUT2D eigenvalue weighted by atomic mass is 16.3. The van der Waals surface area contributed by atoms with Crippen LogP contribution in [0, 0.1) is 16.2 Å². The van der Waals surface area contributed by atoms with Crippen molar-refractivity contribution in [2.45, 2.75) is 61.5 Å². The Bertz CT molecular complexity index is 583. The van der Waals surface area contributed by atoms with Gasteiger partial charge in [-0.15, -0.1) is 0 Å². The molecule has 2 N–H and O–H groups in total. The minimum absolute atomic E-state index is 0.0430. The lowest BCUT2D eigenvalue weighted by molar-refractivity contribution is 0.152. The summed E-state index contributed by atoms with van der Waals surface area (Å²) in [4.78, 5) is 0. The monoisotopic (exact) mass is 330 g/mol. The van der Waals surface area contributed by atoms with Gasteiger partial charge in [-0.25, -0.2) is 0 Å². The lowest BCUT2D eigenvalue weighted by Crippen LogP contribution is -2.35. The van der Waals surface area contributed by atoms with Crippen LogP contribution in [0.1, 0.15) is 60.5 Å². The summed E-state index contributed by atoms with van der Waals surface area (Å²) in [6.45, 7) is 15.7. The van der Waals surface area contributed by atoms with Gasteiger partial charge in [0.1, 0.15) is 5.76 Å². The molecular weight excluding hydrogens is 296 g/mol. The number of rotatable bonds is 1. The van der Waals surface area contributed by atoms with Crippen LogP contribution in [0.4, 0.5) is 0 Å². The van der Waals surface area contributed by atoms with E-state index in [9.17, 15) is 5.11 Å². The summed E-state index contributed by atoms with van der Waals surface area (Å²) in [5.41, 5.74) is 2.52. The van der Waals surface area contributed by atoms with Gasteiger partial charge < -0.3 is 10.2 Å². The molecule has 0 saturated carbocycles. The Balaban J connectivity index is 0.000000300. The van der Waals surface area contributed by atoms with E-state index >= 15 is 0 Å². The predicted molar refractivity (Wildman–Crippen MR) is 103 cm³/mol. The fourth-order valence-corrected chi connectivity index (χ4v) is 2.63. The molecule has 2 rings (SSSR count). The largest absolute Gasteiger partial charge is 0.508 e. The van der Waals surface area contributed by atoms with Gasteiger partial charge in [0.05, 0.1) is 6.61 Å². The van der Waals surface area contributed by atoms with E-state index in [-0.39, 0.29) is 22.9 Å². The molecule has 2 nitrogen and oxygen atoms in total. The Hall–Kier alpha value is -1.54. The molecule has 0 heterocycles. The van der Waals surface area contributed by atoms with Crippen LogP contribution in [0.3, 0.4) is 0 Å². The van der Waals surface area contributed by atoms with Gasteiger partial charge in [-0.3, -0.25) is 0 Å². The molecule has 0 fully saturated rings. The third kappa shape index (κ3) is 5.24. The topological polar surface area (TPSA) is 40.5 Å². The third-order valence-electron chi connectivity index (χ3n) is 5.11. The summed E-state index contributed by atoms with van der Waals surface area (Å²) < 4.78 is 0. The quantitative estimate of drug-likeness (QED) is 0.659. The Labute approximate surface area is 147 Å². The zero-order valence-corrected chi connectivity index (χ0v) is 16.4. The fourth-order valence-electron chi connectivity index (χ4n) is 2.63. The van der Waals surface area contributed by atoms with Crippen molar-refractivity contribution < 1.29 is 10.2 Å². The Morgan fingerprint density at radius 3 is 1.92 bits per heavy atom. The van der Waals surface area contributed by atoms with Crippen molar-refractivity contribution in [3.63, 3.8) is 0 Å². The van der Waals surface area contributed by atoms with E-state index in [1.807, 2.05) is 36.4 Å². The highest BCUT2D eigenvalue weighted by Crippen LogP contribution is 2.50. The average Bonchev–Trinajstić information content (AvgIpc) is 2.49. The highest BCUT2D eigenvalue weighted by Gasteiger charge is 2.40. The van der Waals surface area contributed by atoms with Crippen molar-refractivity contribution in [3.05, 3.63) is 59.4 Å². The van der Waals surface area contributed by atoms with Gasteiger partial charge in [0, 0.05) is 0 Å². The maximum absolute atomic E-state index is 10.00. The van der Waals surface area contributed by atoms with E-state index in [0.717, 1.165) is 12.0 Å². The molecule has 1 atom stereocenters. The lowest BCUT2D eigenvalue weighted by Gasteiger charge is -2.44. The Morgan fingerprint density at radius 1 is 1.00 bits per heavy atom. The van der Waals surface area contributed by atoms with Crippen LogP contribution in [-0.4, -0.2) is 10.2 Å². The van der Waals surface area contributed by atoms with E-state index in [0.29, 0.717) is 5.76 Å². The first-order chi connectivity index (χ1) is 10.9. The van der Waals surface area contributed by atoms with Gasteiger partial charge in [0.25, 0.3) is 0 Å². The molecule has 1 aromatic rings. The summed E-state index contributed by atoms with van der Waals surface area (Å²) in [6.07, 6.45) is 5.00. The van der Waals surface area contributed by atoms with Crippen LogP contribution < -0.4 is 0 Å². The van der Waals surface area contributed by atoms with Crippen molar-refractivity contribution >= 4 is 0 Å². The van der Waals surface area contributed by atoms with Gasteiger partial charge in [-0.2, -0.15) is 0 Å². The van der Waals surface area contributed by atoms with Gasteiger partial charge in [0.2, 0.25) is 0 Å². The molecule has 0 bridgehead atoms. The average molecular weight is 331 g/mol. The molecule has 0 radical (unpaired) electrons. The van der Waals surface area contributed by atoms with Crippen molar-refractivity contribution in [1.29, 1.82) is 0 Å². The molecule has 1 aliphatic carbocycles. The molecule has 0 amide bonds. The zero-order valence-electron chi connectivity index (χ0n) is 16.4. The standard InChI is InChI=1S/C15H26O.C7H8O/c1-13(2,3)11-10-15(7,14(4,5)6)9-8-12(11)16;8-6-7-4-2-1-3-5-7/h8-9,16H,10H2,1-7H3;1-5,8H,6H2. The number of hydrogen-bond acceptors (Lipinski definition) is 2. The predicted octanol–water partition coefficient (Wildman–Crippen LogP) is 6.04. The first-order valence-corrected chi connectivity index (χ1v) is 8.67. The minimum Gasteiger partial charge on any atom is -0.508 e. The molecule has 0 saturated heterocycles. The van der Waals surface area contributed by atoms with Crippen molar-refractivity contribution in [2.24, 2.45) is 16.2 Å². The van der Waals surface area contributed by atoms with Crippen LogP contribution in [0.15, 0.2) is 53.8 Å². The zero-order chi connectivity index (χ0) is 18.6. The van der Waals surface area contributed by atoms with Crippen LogP contribution in [0.2, 0.25) is 0 Å². The first-order valence-electron chi connectivity index (χ1n) is 8.67. The lowest BCUT2D eigenvalue weighted by atomic mass is 9.60. The number of allylic oxidation sites excluding steroid dienone is 3. The van der Waals surface area contributed by atoms with Crippen LogP contribution in [0.25, 0.3) is 0 Å². The van der Waals surface area contributed by atoms with Crippen molar-refractivity contribution in [3.8, 4) is 0 Å². The normalized spacial score (nSPS) is 21.3. The molecule has 24 heavy (non-hydrogen) atoms. The highest BCUT2D eigenvalue weighted by molar-refractivity contribution is 5.32. The van der Waals surface area contributed by atoms with Gasteiger partial charge in [-0.05, 0) is 39.9 Å². The molecule has 2 heteroatoms. The molecule has 0 aliphatic heterocycles. The first kappa shape index (κ1) is 20.5. The van der Waals surface area contributed by atoms with E-state index < -0.39 is 0 Å². The molecule has 1 aliphatic rings. The molecule has 0 aromatic heterocycles. The second-order valence-electron chi connectivity index (χ2n) is 8.94. The van der Waals surface area contributed by atoms with Gasteiger partial charge >= 0.3 is 0 Å². The SMILES string of the molecule is CC(C)(C)C1=C(O)C=CC(C)(C(C)(C)C)C1.OCc1ccccc1. The minimum atomic E-state index is 0.0430. The number of aliphatic hydroxyl groups excluding tert-OH is 2. The second-order valence-corrected chi connectivity index (χ2v) is 8.94. The Morgan fingerprint density at radius 2 is 1.54 bits per heavy atom. The number of benzene rings is 1. The smallest absolute Gasteiger partial charge is 0.115 e. The Kier molecular flexibility index (Phi) is 6.46. The van der Waals surface area contributed by atoms with Crippen LogP contribution in [0.5, 0.6) is 0 Å². The third-order valence-corrected chi connectivity index (χ3v) is 5.11. The van der Waals surface area contributed by atoms with Crippen LogP contribution >= 0.6 is 0 Å². The van der Waals surface area contributed by atoms with E-state index in [1.54, 1.807) is 0 Å². The molecule has 0 spiro atoms. The van der Waals surface area contributed by atoms with Gasteiger partial charge in [-0.1, -0.05) is 84.9 Å². The number of aliphatic hydroxyl groups is 2. The van der Waals surface area contributed by atoms with E-state index in [2.05, 4.69) is 54.5 Å².